The van der Waals surface area contributed by atoms with E-state index in [1.807, 2.05) is 6.92 Å². The summed E-state index contributed by atoms with van der Waals surface area (Å²) in [4.78, 5) is 11.0. The molecule has 4 N–H and O–H groups in total. The third-order valence-electron chi connectivity index (χ3n) is 3.19. The molecule has 1 aliphatic rings. The van der Waals surface area contributed by atoms with Gasteiger partial charge in [0.1, 0.15) is 18.2 Å². The molecule has 1 aliphatic heterocycles. The van der Waals surface area contributed by atoms with Gasteiger partial charge in [0.05, 0.1) is 13.2 Å². The van der Waals surface area contributed by atoms with Crippen molar-refractivity contribution in [3.05, 3.63) is 11.9 Å². The number of anilines is 2. The van der Waals surface area contributed by atoms with E-state index in [4.69, 9.17) is 15.3 Å². The summed E-state index contributed by atoms with van der Waals surface area (Å²) in [6.45, 7) is 8.31. The van der Waals surface area contributed by atoms with Gasteiger partial charge < -0.3 is 20.2 Å². The molecule has 0 bridgehead atoms. The van der Waals surface area contributed by atoms with Crippen LogP contribution in [0.3, 0.4) is 0 Å². The van der Waals surface area contributed by atoms with Gasteiger partial charge in [0.15, 0.2) is 5.82 Å². The summed E-state index contributed by atoms with van der Waals surface area (Å²) >= 11 is 0. The molecule has 118 valence electrons. The number of hydrogen-bond acceptors (Lipinski definition) is 8. The van der Waals surface area contributed by atoms with Gasteiger partial charge in [-0.15, -0.1) is 0 Å². The van der Waals surface area contributed by atoms with E-state index in [0.29, 0.717) is 24.9 Å². The molecule has 0 atom stereocenters. The quantitative estimate of drug-likeness (QED) is 0.457. The van der Waals surface area contributed by atoms with Crippen molar-refractivity contribution in [2.24, 2.45) is 5.84 Å². The lowest BCUT2D eigenvalue weighted by atomic mass is 10.4. The van der Waals surface area contributed by atoms with Crippen LogP contribution in [0.2, 0.25) is 0 Å². The summed E-state index contributed by atoms with van der Waals surface area (Å²) in [6, 6.07) is 1.79. The molecule has 0 amide bonds. The summed E-state index contributed by atoms with van der Waals surface area (Å²) in [5, 5.41) is 3.30. The fourth-order valence-corrected chi connectivity index (χ4v) is 2.09. The molecule has 2 heterocycles. The van der Waals surface area contributed by atoms with Crippen molar-refractivity contribution >= 4 is 11.6 Å². The number of nitrogens with zero attached hydrogens (tertiary/aromatic N) is 3. The maximum Gasteiger partial charge on any atom is 0.158 e. The van der Waals surface area contributed by atoms with E-state index in [0.717, 1.165) is 45.2 Å². The maximum absolute atomic E-state index is 5.43. The second kappa shape index (κ2) is 8.73. The molecule has 8 heteroatoms. The highest BCUT2D eigenvalue weighted by atomic mass is 16.5. The Morgan fingerprint density at radius 1 is 1.33 bits per heavy atom. The first kappa shape index (κ1) is 15.9. The van der Waals surface area contributed by atoms with Gasteiger partial charge >= 0.3 is 0 Å². The zero-order chi connectivity index (χ0) is 14.9. The second-order valence-corrected chi connectivity index (χ2v) is 4.72. The molecule has 1 fully saturated rings. The van der Waals surface area contributed by atoms with Crippen molar-refractivity contribution in [2.75, 3.05) is 56.7 Å². The molecule has 0 radical (unpaired) electrons. The summed E-state index contributed by atoms with van der Waals surface area (Å²) in [5.74, 6) is 7.37. The summed E-state index contributed by atoms with van der Waals surface area (Å²) in [5.41, 5.74) is 2.55. The number of ether oxygens (including phenoxy) is 2. The molecule has 1 aromatic rings. The van der Waals surface area contributed by atoms with Gasteiger partial charge in [0, 0.05) is 38.9 Å². The third kappa shape index (κ3) is 5.43. The number of rotatable bonds is 8. The Labute approximate surface area is 125 Å². The SMILES string of the molecule is CCOCc1nc(NN)cc(NCCN2CCOCC2)n1. The lowest BCUT2D eigenvalue weighted by Crippen LogP contribution is -2.39. The molecule has 0 aromatic carbocycles. The molecule has 21 heavy (non-hydrogen) atoms. The van der Waals surface area contributed by atoms with E-state index in [1.165, 1.54) is 0 Å². The second-order valence-electron chi connectivity index (χ2n) is 4.72. The van der Waals surface area contributed by atoms with Gasteiger partial charge in [0.25, 0.3) is 0 Å². The number of morpholine rings is 1. The number of nitrogens with one attached hydrogen (secondary N) is 2. The first-order valence-electron chi connectivity index (χ1n) is 7.28. The Morgan fingerprint density at radius 2 is 2.10 bits per heavy atom. The maximum atomic E-state index is 5.43. The molecule has 0 saturated carbocycles. The highest BCUT2D eigenvalue weighted by Crippen LogP contribution is 2.11. The van der Waals surface area contributed by atoms with Crippen LogP contribution in [0.25, 0.3) is 0 Å². The Bertz CT molecular complexity index is 425. The summed E-state index contributed by atoms with van der Waals surface area (Å²) < 4.78 is 10.7. The van der Waals surface area contributed by atoms with Crippen LogP contribution < -0.4 is 16.6 Å². The molecule has 8 nitrogen and oxygen atoms in total. The molecule has 1 saturated heterocycles. The van der Waals surface area contributed by atoms with Crippen molar-refractivity contribution in [3.8, 4) is 0 Å². The molecular weight excluding hydrogens is 272 g/mol. The van der Waals surface area contributed by atoms with Crippen LogP contribution in [0.5, 0.6) is 0 Å². The molecule has 0 aliphatic carbocycles. The van der Waals surface area contributed by atoms with Gasteiger partial charge in [-0.3, -0.25) is 4.90 Å². The number of nitrogen functional groups attached to an aromatic ring is 1. The van der Waals surface area contributed by atoms with Crippen LogP contribution in [0, 0.1) is 0 Å². The Kier molecular flexibility index (Phi) is 6.61. The van der Waals surface area contributed by atoms with E-state index in [2.05, 4.69) is 25.6 Å². The minimum atomic E-state index is 0.379. The normalized spacial score (nSPS) is 15.9. The summed E-state index contributed by atoms with van der Waals surface area (Å²) in [7, 11) is 0. The predicted octanol–water partition coefficient (Wildman–Crippen LogP) is 0.0428. The molecule has 1 aromatic heterocycles. The Morgan fingerprint density at radius 3 is 2.81 bits per heavy atom. The van der Waals surface area contributed by atoms with Crippen molar-refractivity contribution < 1.29 is 9.47 Å². The van der Waals surface area contributed by atoms with E-state index in [1.54, 1.807) is 6.07 Å². The van der Waals surface area contributed by atoms with Gasteiger partial charge in [-0.2, -0.15) is 0 Å². The average Bonchev–Trinajstić information content (AvgIpc) is 2.53. The average molecular weight is 296 g/mol. The van der Waals surface area contributed by atoms with Crippen LogP contribution in [0.1, 0.15) is 12.7 Å². The van der Waals surface area contributed by atoms with E-state index < -0.39 is 0 Å². The molecule has 0 spiro atoms. The zero-order valence-corrected chi connectivity index (χ0v) is 12.5. The van der Waals surface area contributed by atoms with Gasteiger partial charge in [-0.05, 0) is 6.92 Å². The van der Waals surface area contributed by atoms with Crippen LogP contribution in [-0.2, 0) is 16.1 Å². The topological polar surface area (TPSA) is 97.6 Å². The van der Waals surface area contributed by atoms with Gasteiger partial charge in [0.2, 0.25) is 0 Å². The lowest BCUT2D eigenvalue weighted by Gasteiger charge is -2.26. The van der Waals surface area contributed by atoms with Crippen molar-refractivity contribution in [3.63, 3.8) is 0 Å². The van der Waals surface area contributed by atoms with Crippen LogP contribution in [0.4, 0.5) is 11.6 Å². The third-order valence-corrected chi connectivity index (χ3v) is 3.19. The minimum absolute atomic E-state index is 0.379. The Balaban J connectivity index is 1.85. The van der Waals surface area contributed by atoms with Gasteiger partial charge in [-0.1, -0.05) is 0 Å². The number of nitrogens with two attached hydrogens (primary N) is 1. The fourth-order valence-electron chi connectivity index (χ4n) is 2.09. The van der Waals surface area contributed by atoms with Crippen LogP contribution >= 0.6 is 0 Å². The Hall–Kier alpha value is -1.48. The van der Waals surface area contributed by atoms with E-state index >= 15 is 0 Å². The fraction of sp³-hybridized carbons (Fsp3) is 0.692. The number of hydrogen-bond donors (Lipinski definition) is 3. The van der Waals surface area contributed by atoms with Crippen molar-refractivity contribution in [2.45, 2.75) is 13.5 Å². The highest BCUT2D eigenvalue weighted by molar-refractivity contribution is 5.46. The molecular formula is C13H24N6O2. The zero-order valence-electron chi connectivity index (χ0n) is 12.5. The first-order chi connectivity index (χ1) is 10.3. The van der Waals surface area contributed by atoms with E-state index in [9.17, 15) is 0 Å². The van der Waals surface area contributed by atoms with E-state index in [-0.39, 0.29) is 0 Å². The summed E-state index contributed by atoms with van der Waals surface area (Å²) in [6.07, 6.45) is 0. The highest BCUT2D eigenvalue weighted by Gasteiger charge is 2.10. The predicted molar refractivity (Wildman–Crippen MR) is 80.9 cm³/mol. The monoisotopic (exact) mass is 296 g/mol. The van der Waals surface area contributed by atoms with Crippen LogP contribution in [0.15, 0.2) is 6.07 Å². The van der Waals surface area contributed by atoms with Crippen molar-refractivity contribution in [1.82, 2.24) is 14.9 Å². The van der Waals surface area contributed by atoms with Crippen LogP contribution in [-0.4, -0.2) is 60.9 Å². The lowest BCUT2D eigenvalue weighted by molar-refractivity contribution is 0.0398. The number of aromatic nitrogens is 2. The molecule has 2 rings (SSSR count). The van der Waals surface area contributed by atoms with Gasteiger partial charge in [-0.25, -0.2) is 15.8 Å². The van der Waals surface area contributed by atoms with Crippen molar-refractivity contribution in [1.29, 1.82) is 0 Å². The smallest absolute Gasteiger partial charge is 0.158 e. The largest absolute Gasteiger partial charge is 0.379 e. The molecule has 0 unspecified atom stereocenters. The standard InChI is InChI=1S/C13H24N6O2/c1-2-20-10-13-16-11(9-12(17-13)18-14)15-3-4-19-5-7-21-8-6-19/h9H,2-8,10,14H2,1H3,(H2,15,16,17,18). The number of hydrazine groups is 1. The first-order valence-corrected chi connectivity index (χ1v) is 7.28. The minimum Gasteiger partial charge on any atom is -0.379 e.